The Morgan fingerprint density at radius 3 is 2.64 bits per heavy atom. The van der Waals surface area contributed by atoms with Gasteiger partial charge in [0.25, 0.3) is 0 Å². The van der Waals surface area contributed by atoms with E-state index in [0.717, 1.165) is 12.8 Å². The summed E-state index contributed by atoms with van der Waals surface area (Å²) in [5.74, 6) is 1.15. The van der Waals surface area contributed by atoms with Crippen molar-refractivity contribution in [2.24, 2.45) is 0 Å². The molecule has 0 aromatic heterocycles. The van der Waals surface area contributed by atoms with E-state index in [2.05, 4.69) is 5.32 Å². The Balaban J connectivity index is 2.15. The third-order valence-corrected chi connectivity index (χ3v) is 4.16. The average molecular weight is 348 g/mol. The van der Waals surface area contributed by atoms with Crippen LogP contribution in [0.4, 0.5) is 5.69 Å². The van der Waals surface area contributed by atoms with E-state index in [4.69, 9.17) is 9.47 Å². The Morgan fingerprint density at radius 1 is 1.20 bits per heavy atom. The molecule has 1 atom stereocenters. The molecule has 2 rings (SSSR count). The maximum Gasteiger partial charge on any atom is 0.247 e. The Labute approximate surface area is 149 Å². The summed E-state index contributed by atoms with van der Waals surface area (Å²) in [6.07, 6.45) is 2.81. The summed E-state index contributed by atoms with van der Waals surface area (Å²) in [7, 11) is 0. The van der Waals surface area contributed by atoms with Gasteiger partial charge in [-0.05, 0) is 45.2 Å². The van der Waals surface area contributed by atoms with Crippen molar-refractivity contribution in [1.82, 2.24) is 4.90 Å². The van der Waals surface area contributed by atoms with Gasteiger partial charge in [-0.25, -0.2) is 0 Å². The van der Waals surface area contributed by atoms with Crippen molar-refractivity contribution in [3.8, 4) is 11.5 Å². The number of nitrogens with zero attached hydrogens (tertiary/aromatic N) is 1. The summed E-state index contributed by atoms with van der Waals surface area (Å²) in [5, 5.41) is 2.93. The molecule has 1 unspecified atom stereocenters. The molecule has 0 spiro atoms. The van der Waals surface area contributed by atoms with E-state index in [1.165, 1.54) is 0 Å². The highest BCUT2D eigenvalue weighted by Crippen LogP contribution is 2.30. The van der Waals surface area contributed by atoms with E-state index in [0.29, 0.717) is 49.8 Å². The van der Waals surface area contributed by atoms with Gasteiger partial charge in [0, 0.05) is 19.0 Å². The maximum absolute atomic E-state index is 12.8. The lowest BCUT2D eigenvalue weighted by molar-refractivity contribution is -0.136. The van der Waals surface area contributed by atoms with Crippen LogP contribution in [0.3, 0.4) is 0 Å². The lowest BCUT2D eigenvalue weighted by Gasteiger charge is -2.24. The fraction of sp³-hybridized carbons (Fsp3) is 0.579. The largest absolute Gasteiger partial charge is 0.494 e. The van der Waals surface area contributed by atoms with Gasteiger partial charge in [-0.1, -0.05) is 6.92 Å². The van der Waals surface area contributed by atoms with Crippen LogP contribution in [0.5, 0.6) is 11.5 Å². The van der Waals surface area contributed by atoms with Gasteiger partial charge in [-0.15, -0.1) is 0 Å². The highest BCUT2D eigenvalue weighted by Gasteiger charge is 2.33. The molecule has 1 heterocycles. The number of rotatable bonds is 8. The average Bonchev–Trinajstić information content (AvgIpc) is 3.08. The lowest BCUT2D eigenvalue weighted by atomic mass is 10.1. The van der Waals surface area contributed by atoms with Crippen molar-refractivity contribution < 1.29 is 19.1 Å². The van der Waals surface area contributed by atoms with E-state index in [1.807, 2.05) is 26.8 Å². The molecular formula is C19H28N2O4. The maximum atomic E-state index is 12.8. The Kier molecular flexibility index (Phi) is 7.10. The molecule has 1 aliphatic heterocycles. The predicted octanol–water partition coefficient (Wildman–Crippen LogP) is 3.21. The minimum Gasteiger partial charge on any atom is -0.494 e. The van der Waals surface area contributed by atoms with Crippen LogP contribution in [-0.2, 0) is 9.59 Å². The summed E-state index contributed by atoms with van der Waals surface area (Å²) in [6, 6.07) is 4.96. The quantitative estimate of drug-likeness (QED) is 0.783. The Morgan fingerprint density at radius 2 is 1.96 bits per heavy atom. The summed E-state index contributed by atoms with van der Waals surface area (Å²) in [6.45, 7) is 7.46. The Hall–Kier alpha value is -2.24. The monoisotopic (exact) mass is 348 g/mol. The van der Waals surface area contributed by atoms with Crippen molar-refractivity contribution in [1.29, 1.82) is 0 Å². The van der Waals surface area contributed by atoms with Gasteiger partial charge in [0.1, 0.15) is 17.5 Å². The van der Waals surface area contributed by atoms with Crippen LogP contribution in [0.2, 0.25) is 0 Å². The standard InChI is InChI=1S/C19H28N2O4/c1-4-8-18(22)21-12-7-9-16(21)19(23)20-15-13-14(24-5-2)10-11-17(15)25-6-3/h10-11,13,16H,4-9,12H2,1-3H3,(H,20,23). The zero-order valence-electron chi connectivity index (χ0n) is 15.3. The molecular weight excluding hydrogens is 320 g/mol. The summed E-state index contributed by atoms with van der Waals surface area (Å²) in [4.78, 5) is 26.7. The second kappa shape index (κ2) is 9.30. The number of hydrogen-bond donors (Lipinski definition) is 1. The molecule has 0 radical (unpaired) electrons. The molecule has 2 amide bonds. The van der Waals surface area contributed by atoms with Gasteiger partial charge < -0.3 is 19.7 Å². The first-order valence-corrected chi connectivity index (χ1v) is 9.10. The van der Waals surface area contributed by atoms with E-state index in [-0.39, 0.29) is 11.8 Å². The van der Waals surface area contributed by atoms with Crippen molar-refractivity contribution in [2.45, 2.75) is 52.5 Å². The zero-order valence-corrected chi connectivity index (χ0v) is 15.3. The summed E-state index contributed by atoms with van der Waals surface area (Å²) < 4.78 is 11.1. The molecule has 1 aliphatic rings. The van der Waals surface area contributed by atoms with Gasteiger partial charge in [0.05, 0.1) is 18.9 Å². The molecule has 25 heavy (non-hydrogen) atoms. The smallest absolute Gasteiger partial charge is 0.247 e. The zero-order chi connectivity index (χ0) is 18.2. The molecule has 0 aliphatic carbocycles. The first kappa shape index (κ1) is 19.1. The van der Waals surface area contributed by atoms with Crippen molar-refractivity contribution in [3.05, 3.63) is 18.2 Å². The van der Waals surface area contributed by atoms with Crippen LogP contribution in [-0.4, -0.2) is 42.5 Å². The van der Waals surface area contributed by atoms with Gasteiger partial charge >= 0.3 is 0 Å². The molecule has 1 aromatic rings. The highest BCUT2D eigenvalue weighted by molar-refractivity contribution is 5.98. The van der Waals surface area contributed by atoms with Gasteiger partial charge in [0.15, 0.2) is 0 Å². The lowest BCUT2D eigenvalue weighted by Crippen LogP contribution is -2.43. The fourth-order valence-corrected chi connectivity index (χ4v) is 3.06. The minimum atomic E-state index is -0.413. The van der Waals surface area contributed by atoms with Gasteiger partial charge in [0.2, 0.25) is 11.8 Å². The molecule has 0 saturated carbocycles. The van der Waals surface area contributed by atoms with Crippen LogP contribution >= 0.6 is 0 Å². The van der Waals surface area contributed by atoms with Crippen LogP contribution in [0, 0.1) is 0 Å². The van der Waals surface area contributed by atoms with Crippen LogP contribution in [0.25, 0.3) is 0 Å². The molecule has 1 fully saturated rings. The van der Waals surface area contributed by atoms with Crippen LogP contribution in [0.15, 0.2) is 18.2 Å². The van der Waals surface area contributed by atoms with E-state index in [9.17, 15) is 9.59 Å². The van der Waals surface area contributed by atoms with Gasteiger partial charge in [-0.3, -0.25) is 9.59 Å². The number of ether oxygens (including phenoxy) is 2. The molecule has 6 heteroatoms. The third-order valence-electron chi connectivity index (χ3n) is 4.16. The molecule has 0 bridgehead atoms. The van der Waals surface area contributed by atoms with Gasteiger partial charge in [-0.2, -0.15) is 0 Å². The number of carbonyl (C=O) groups is 2. The molecule has 1 saturated heterocycles. The first-order valence-electron chi connectivity index (χ1n) is 9.10. The van der Waals surface area contributed by atoms with Crippen molar-refractivity contribution >= 4 is 17.5 Å². The van der Waals surface area contributed by atoms with E-state index >= 15 is 0 Å². The topological polar surface area (TPSA) is 67.9 Å². The first-order chi connectivity index (χ1) is 12.1. The van der Waals surface area contributed by atoms with E-state index < -0.39 is 6.04 Å². The number of benzene rings is 1. The van der Waals surface area contributed by atoms with Crippen LogP contribution < -0.4 is 14.8 Å². The number of amides is 2. The summed E-state index contributed by atoms with van der Waals surface area (Å²) in [5.41, 5.74) is 0.576. The predicted molar refractivity (Wildman–Crippen MR) is 97.1 cm³/mol. The number of anilines is 1. The second-order valence-electron chi connectivity index (χ2n) is 6.01. The van der Waals surface area contributed by atoms with Crippen molar-refractivity contribution in [3.63, 3.8) is 0 Å². The SMILES string of the molecule is CCCC(=O)N1CCCC1C(=O)Nc1cc(OCC)ccc1OCC. The van der Waals surface area contributed by atoms with Crippen LogP contribution in [0.1, 0.15) is 46.5 Å². The molecule has 6 nitrogen and oxygen atoms in total. The molecule has 138 valence electrons. The third kappa shape index (κ3) is 4.87. The number of hydrogen-bond acceptors (Lipinski definition) is 4. The normalized spacial score (nSPS) is 16.6. The fourth-order valence-electron chi connectivity index (χ4n) is 3.06. The number of likely N-dealkylation sites (tertiary alicyclic amines) is 1. The Bertz CT molecular complexity index is 603. The van der Waals surface area contributed by atoms with Crippen molar-refractivity contribution in [2.75, 3.05) is 25.1 Å². The van der Waals surface area contributed by atoms with E-state index in [1.54, 1.807) is 17.0 Å². The summed E-state index contributed by atoms with van der Waals surface area (Å²) >= 11 is 0. The second-order valence-corrected chi connectivity index (χ2v) is 6.01. The number of nitrogens with one attached hydrogen (secondary N) is 1. The minimum absolute atomic E-state index is 0.0493. The number of carbonyl (C=O) groups excluding carboxylic acids is 2. The molecule has 1 aromatic carbocycles. The molecule has 1 N–H and O–H groups in total. The highest BCUT2D eigenvalue weighted by atomic mass is 16.5.